The molecule has 0 radical (unpaired) electrons. The van der Waals surface area contributed by atoms with Gasteiger partial charge in [0.1, 0.15) is 5.57 Å². The number of rotatable bonds is 3. The molecule has 1 fully saturated rings. The van der Waals surface area contributed by atoms with Crippen LogP contribution in [0.5, 0.6) is 0 Å². The van der Waals surface area contributed by atoms with E-state index in [1.807, 2.05) is 45.0 Å². The van der Waals surface area contributed by atoms with Gasteiger partial charge in [-0.3, -0.25) is 19.8 Å². The van der Waals surface area contributed by atoms with Crippen LogP contribution in [0.25, 0.3) is 11.8 Å². The molecule has 0 spiro atoms. The topological polar surface area (TPSA) is 54.3 Å². The van der Waals surface area contributed by atoms with Gasteiger partial charge in [-0.25, -0.2) is 0 Å². The third-order valence-electron chi connectivity index (χ3n) is 6.02. The molecular formula is C26H24BrN3O2S. The van der Waals surface area contributed by atoms with E-state index in [4.69, 9.17) is 12.2 Å². The maximum atomic E-state index is 13.4. The third-order valence-corrected chi connectivity index (χ3v) is 6.80. The fourth-order valence-corrected chi connectivity index (χ4v) is 4.85. The highest BCUT2D eigenvalue weighted by Gasteiger charge is 2.35. The van der Waals surface area contributed by atoms with Gasteiger partial charge in [-0.2, -0.15) is 0 Å². The van der Waals surface area contributed by atoms with Gasteiger partial charge in [0.25, 0.3) is 11.8 Å². The Kier molecular flexibility index (Phi) is 6.12. The Morgan fingerprint density at radius 3 is 2.30 bits per heavy atom. The monoisotopic (exact) mass is 521 g/mol. The van der Waals surface area contributed by atoms with Crippen molar-refractivity contribution in [1.82, 2.24) is 9.88 Å². The Morgan fingerprint density at radius 2 is 1.64 bits per heavy atom. The highest BCUT2D eigenvalue weighted by Crippen LogP contribution is 2.29. The van der Waals surface area contributed by atoms with Crippen LogP contribution in [-0.4, -0.2) is 21.5 Å². The minimum Gasteiger partial charge on any atom is -0.318 e. The predicted octanol–water partition coefficient (Wildman–Crippen LogP) is 5.61. The van der Waals surface area contributed by atoms with Gasteiger partial charge in [-0.1, -0.05) is 22.0 Å². The van der Waals surface area contributed by atoms with Crippen LogP contribution in [0.1, 0.15) is 33.6 Å². The standard InChI is InChI=1S/C26H24BrN3O2S/c1-14-6-8-21(11-15(14)2)29-17(4)12-19(18(29)5)13-22-24(31)28-26(33)30(25(22)32)23-9-7-20(27)10-16(23)3/h6-13H,1-5H3,(H,28,31,33)/b22-13+. The van der Waals surface area contributed by atoms with Crippen molar-refractivity contribution in [3.05, 3.63) is 86.2 Å². The summed E-state index contributed by atoms with van der Waals surface area (Å²) in [6.07, 6.45) is 1.65. The molecule has 0 unspecified atom stereocenters. The van der Waals surface area contributed by atoms with Crippen molar-refractivity contribution in [2.45, 2.75) is 34.6 Å². The lowest BCUT2D eigenvalue weighted by atomic mass is 10.1. The van der Waals surface area contributed by atoms with Crippen molar-refractivity contribution in [3.8, 4) is 5.69 Å². The first-order valence-corrected chi connectivity index (χ1v) is 11.7. The second kappa shape index (κ2) is 8.72. The molecule has 1 saturated heterocycles. The Bertz CT molecular complexity index is 1370. The van der Waals surface area contributed by atoms with E-state index < -0.39 is 11.8 Å². The molecule has 5 nitrogen and oxygen atoms in total. The number of nitrogens with one attached hydrogen (secondary N) is 1. The number of nitrogens with zero attached hydrogens (tertiary/aromatic N) is 2. The van der Waals surface area contributed by atoms with Crippen LogP contribution >= 0.6 is 28.1 Å². The van der Waals surface area contributed by atoms with Crippen molar-refractivity contribution >= 4 is 56.8 Å². The molecule has 4 rings (SSSR count). The van der Waals surface area contributed by atoms with Crippen molar-refractivity contribution in [2.24, 2.45) is 0 Å². The summed E-state index contributed by atoms with van der Waals surface area (Å²) < 4.78 is 3.03. The lowest BCUT2D eigenvalue weighted by molar-refractivity contribution is -0.122. The van der Waals surface area contributed by atoms with Gasteiger partial charge < -0.3 is 4.57 Å². The zero-order valence-corrected chi connectivity index (χ0v) is 21.5. The zero-order valence-electron chi connectivity index (χ0n) is 19.1. The Balaban J connectivity index is 1.78. The minimum atomic E-state index is -0.494. The number of hydrogen-bond acceptors (Lipinski definition) is 3. The van der Waals surface area contributed by atoms with Crippen LogP contribution in [0.15, 0.2) is 52.5 Å². The van der Waals surface area contributed by atoms with Gasteiger partial charge in [-0.15, -0.1) is 0 Å². The average molecular weight is 522 g/mol. The van der Waals surface area contributed by atoms with E-state index in [-0.39, 0.29) is 10.7 Å². The molecule has 33 heavy (non-hydrogen) atoms. The number of carbonyl (C=O) groups excluding carboxylic acids is 2. The predicted molar refractivity (Wildman–Crippen MR) is 140 cm³/mol. The Labute approximate surface area is 207 Å². The summed E-state index contributed by atoms with van der Waals surface area (Å²) in [4.78, 5) is 27.6. The summed E-state index contributed by atoms with van der Waals surface area (Å²) in [6.45, 7) is 10.1. The molecule has 0 bridgehead atoms. The van der Waals surface area contributed by atoms with Crippen molar-refractivity contribution < 1.29 is 9.59 Å². The smallest absolute Gasteiger partial charge is 0.270 e. The second-order valence-corrected chi connectivity index (χ2v) is 9.62. The summed E-state index contributed by atoms with van der Waals surface area (Å²) >= 11 is 8.78. The molecule has 7 heteroatoms. The van der Waals surface area contributed by atoms with E-state index >= 15 is 0 Å². The van der Waals surface area contributed by atoms with Crippen LogP contribution in [0.3, 0.4) is 0 Å². The molecule has 2 heterocycles. The molecular weight excluding hydrogens is 498 g/mol. The number of aryl methyl sites for hydroxylation is 4. The highest BCUT2D eigenvalue weighted by molar-refractivity contribution is 9.10. The SMILES string of the molecule is Cc1ccc(-n2c(C)cc(/C=C3\C(=O)NC(=S)N(c4ccc(Br)cc4C)C3=O)c2C)cc1C. The quantitative estimate of drug-likeness (QED) is 0.276. The first-order valence-electron chi connectivity index (χ1n) is 10.5. The van der Waals surface area contributed by atoms with Crippen molar-refractivity contribution in [1.29, 1.82) is 0 Å². The number of benzene rings is 2. The van der Waals surface area contributed by atoms with Gasteiger partial charge in [0.15, 0.2) is 5.11 Å². The average Bonchev–Trinajstić information content (AvgIpc) is 3.02. The molecule has 2 amide bonds. The van der Waals surface area contributed by atoms with E-state index in [2.05, 4.69) is 57.9 Å². The largest absolute Gasteiger partial charge is 0.318 e. The molecule has 1 aromatic heterocycles. The van der Waals surface area contributed by atoms with Crippen LogP contribution in [0, 0.1) is 34.6 Å². The molecule has 2 aromatic carbocycles. The van der Waals surface area contributed by atoms with Gasteiger partial charge in [-0.05, 0) is 112 Å². The highest BCUT2D eigenvalue weighted by atomic mass is 79.9. The molecule has 0 atom stereocenters. The van der Waals surface area contributed by atoms with Crippen molar-refractivity contribution in [3.63, 3.8) is 0 Å². The lowest BCUT2D eigenvalue weighted by Crippen LogP contribution is -2.54. The molecule has 3 aromatic rings. The van der Waals surface area contributed by atoms with E-state index in [9.17, 15) is 9.59 Å². The summed E-state index contributed by atoms with van der Waals surface area (Å²) in [6, 6.07) is 13.9. The maximum absolute atomic E-state index is 13.4. The molecule has 1 N–H and O–H groups in total. The number of carbonyl (C=O) groups is 2. The number of anilines is 1. The van der Waals surface area contributed by atoms with Crippen LogP contribution < -0.4 is 10.2 Å². The number of aromatic nitrogens is 1. The Hall–Kier alpha value is -3.03. The van der Waals surface area contributed by atoms with Crippen molar-refractivity contribution in [2.75, 3.05) is 4.90 Å². The number of thiocarbonyl (C=S) groups is 1. The summed E-state index contributed by atoms with van der Waals surface area (Å²) in [5.74, 6) is -0.933. The van der Waals surface area contributed by atoms with Crippen LogP contribution in [0.2, 0.25) is 0 Å². The third kappa shape index (κ3) is 4.18. The molecule has 0 saturated carbocycles. The van der Waals surface area contributed by atoms with Crippen LogP contribution in [0.4, 0.5) is 5.69 Å². The first kappa shape index (κ1) is 23.1. The Morgan fingerprint density at radius 1 is 0.909 bits per heavy atom. The fraction of sp³-hybridized carbons (Fsp3) is 0.192. The van der Waals surface area contributed by atoms with E-state index in [0.29, 0.717) is 5.69 Å². The molecule has 1 aliphatic heterocycles. The lowest BCUT2D eigenvalue weighted by Gasteiger charge is -2.30. The normalized spacial score (nSPS) is 15.4. The maximum Gasteiger partial charge on any atom is 0.270 e. The number of halogens is 1. The first-order chi connectivity index (χ1) is 15.6. The van der Waals surface area contributed by atoms with E-state index in [1.54, 1.807) is 6.08 Å². The number of hydrogen-bond donors (Lipinski definition) is 1. The van der Waals surface area contributed by atoms with Gasteiger partial charge in [0.05, 0.1) is 5.69 Å². The molecule has 0 aliphatic carbocycles. The zero-order chi connectivity index (χ0) is 24.0. The fourth-order valence-electron chi connectivity index (χ4n) is 4.10. The minimum absolute atomic E-state index is 0.0475. The second-order valence-electron chi connectivity index (χ2n) is 8.32. The van der Waals surface area contributed by atoms with Gasteiger partial charge in [0.2, 0.25) is 0 Å². The van der Waals surface area contributed by atoms with Gasteiger partial charge >= 0.3 is 0 Å². The van der Waals surface area contributed by atoms with E-state index in [1.165, 1.54) is 16.0 Å². The molecule has 168 valence electrons. The van der Waals surface area contributed by atoms with Gasteiger partial charge in [0, 0.05) is 21.5 Å². The summed E-state index contributed by atoms with van der Waals surface area (Å²) in [5, 5.41) is 2.74. The summed E-state index contributed by atoms with van der Waals surface area (Å²) in [7, 11) is 0. The number of amides is 2. The van der Waals surface area contributed by atoms with E-state index in [0.717, 1.165) is 32.7 Å². The summed E-state index contributed by atoms with van der Waals surface area (Å²) in [5.41, 5.74) is 7.80. The molecule has 1 aliphatic rings. The van der Waals surface area contributed by atoms with Crippen LogP contribution in [-0.2, 0) is 9.59 Å².